The largest absolute Gasteiger partial charge is 0.480 e. The van der Waals surface area contributed by atoms with E-state index in [9.17, 15) is 24.0 Å². The molecule has 4 amide bonds. The number of aromatic amines is 1. The zero-order valence-corrected chi connectivity index (χ0v) is 18.3. The molecule has 4 atom stereocenters. The molecule has 0 saturated carbocycles. The van der Waals surface area contributed by atoms with Gasteiger partial charge < -0.3 is 37.5 Å². The summed E-state index contributed by atoms with van der Waals surface area (Å²) in [4.78, 5) is 62.1. The van der Waals surface area contributed by atoms with Crippen molar-refractivity contribution in [2.75, 3.05) is 0 Å². The minimum atomic E-state index is -1.52. The second-order valence-electron chi connectivity index (χ2n) is 7.70. The van der Waals surface area contributed by atoms with Crippen molar-refractivity contribution in [2.24, 2.45) is 11.5 Å². The molecule has 1 heterocycles. The van der Waals surface area contributed by atoms with Crippen molar-refractivity contribution in [1.82, 2.24) is 20.9 Å². The maximum atomic E-state index is 12.4. The molecule has 2 aromatic rings. The maximum absolute atomic E-state index is 12.4. The Hall–Kier alpha value is -3.93. The number of rotatable bonds is 11. The van der Waals surface area contributed by atoms with Crippen LogP contribution in [0.25, 0.3) is 10.9 Å². The quantitative estimate of drug-likeness (QED) is 0.210. The van der Waals surface area contributed by atoms with E-state index >= 15 is 0 Å². The third kappa shape index (κ3) is 7.04. The molecule has 0 saturated heterocycles. The molecule has 0 fully saturated rings. The Bertz CT molecular complexity index is 1050. The van der Waals surface area contributed by atoms with Gasteiger partial charge in [-0.1, -0.05) is 18.2 Å². The van der Waals surface area contributed by atoms with Crippen molar-refractivity contribution in [3.8, 4) is 0 Å². The molecular formula is C21H28N6O6. The van der Waals surface area contributed by atoms with E-state index in [-0.39, 0.29) is 6.42 Å². The van der Waals surface area contributed by atoms with Gasteiger partial charge in [-0.15, -0.1) is 0 Å². The molecule has 178 valence electrons. The lowest BCUT2D eigenvalue weighted by molar-refractivity contribution is -0.143. The molecule has 12 nitrogen and oxygen atoms in total. The summed E-state index contributed by atoms with van der Waals surface area (Å²) in [6.07, 6.45) is 1.43. The summed E-state index contributed by atoms with van der Waals surface area (Å²) < 4.78 is 0. The van der Waals surface area contributed by atoms with Crippen LogP contribution in [0, 0.1) is 0 Å². The van der Waals surface area contributed by atoms with Gasteiger partial charge in [-0.3, -0.25) is 19.2 Å². The molecule has 4 unspecified atom stereocenters. The van der Waals surface area contributed by atoms with E-state index in [1.54, 1.807) is 6.20 Å². The minimum Gasteiger partial charge on any atom is -0.480 e. The summed E-state index contributed by atoms with van der Waals surface area (Å²) in [5, 5.41) is 17.0. The highest BCUT2D eigenvalue weighted by atomic mass is 16.4. The smallest absolute Gasteiger partial charge is 0.326 e. The lowest BCUT2D eigenvalue weighted by atomic mass is 10.0. The number of amides is 4. The number of hydrogen-bond acceptors (Lipinski definition) is 6. The number of carboxylic acid groups (broad SMARTS) is 1. The third-order valence-electron chi connectivity index (χ3n) is 4.98. The topological polar surface area (TPSA) is 209 Å². The number of aromatic nitrogens is 1. The number of carbonyl (C=O) groups excluding carboxylic acids is 4. The van der Waals surface area contributed by atoms with Crippen LogP contribution in [-0.2, 0) is 30.4 Å². The van der Waals surface area contributed by atoms with Gasteiger partial charge in [0.1, 0.15) is 18.1 Å². The molecular weight excluding hydrogens is 432 g/mol. The average molecular weight is 460 g/mol. The number of nitrogens with one attached hydrogen (secondary N) is 4. The van der Waals surface area contributed by atoms with Crippen molar-refractivity contribution >= 4 is 40.5 Å². The van der Waals surface area contributed by atoms with Gasteiger partial charge in [0.2, 0.25) is 23.6 Å². The van der Waals surface area contributed by atoms with Crippen LogP contribution >= 0.6 is 0 Å². The molecule has 0 aliphatic heterocycles. The molecule has 0 aliphatic rings. The number of para-hydroxylation sites is 1. The fourth-order valence-electron chi connectivity index (χ4n) is 3.12. The van der Waals surface area contributed by atoms with Crippen molar-refractivity contribution in [3.63, 3.8) is 0 Å². The molecule has 0 bridgehead atoms. The number of H-pyrrole nitrogens is 1. The highest BCUT2D eigenvalue weighted by Gasteiger charge is 2.27. The molecule has 0 radical (unpaired) electrons. The van der Waals surface area contributed by atoms with E-state index < -0.39 is 60.2 Å². The lowest BCUT2D eigenvalue weighted by Gasteiger charge is -2.21. The summed E-state index contributed by atoms with van der Waals surface area (Å²) in [6, 6.07) is 3.00. The van der Waals surface area contributed by atoms with Crippen molar-refractivity contribution in [2.45, 2.75) is 50.9 Å². The van der Waals surface area contributed by atoms with Crippen molar-refractivity contribution in [1.29, 1.82) is 0 Å². The van der Waals surface area contributed by atoms with E-state index in [1.807, 2.05) is 24.3 Å². The molecule has 12 heteroatoms. The first kappa shape index (κ1) is 25.3. The second kappa shape index (κ2) is 11.1. The number of aliphatic carboxylic acids is 1. The highest BCUT2D eigenvalue weighted by Crippen LogP contribution is 2.18. The van der Waals surface area contributed by atoms with Gasteiger partial charge >= 0.3 is 5.97 Å². The monoisotopic (exact) mass is 460 g/mol. The second-order valence-corrected chi connectivity index (χ2v) is 7.70. The van der Waals surface area contributed by atoms with E-state index in [4.69, 9.17) is 16.6 Å². The predicted molar refractivity (Wildman–Crippen MR) is 119 cm³/mol. The van der Waals surface area contributed by atoms with Crippen LogP contribution in [0.3, 0.4) is 0 Å². The Balaban J connectivity index is 1.88. The van der Waals surface area contributed by atoms with E-state index in [0.29, 0.717) is 0 Å². The van der Waals surface area contributed by atoms with Crippen LogP contribution in [0.15, 0.2) is 30.5 Å². The zero-order valence-electron chi connectivity index (χ0n) is 18.3. The van der Waals surface area contributed by atoms with Crippen LogP contribution < -0.4 is 27.4 Å². The van der Waals surface area contributed by atoms with Crippen LogP contribution in [0.5, 0.6) is 0 Å². The van der Waals surface area contributed by atoms with Crippen molar-refractivity contribution < 1.29 is 29.1 Å². The highest BCUT2D eigenvalue weighted by molar-refractivity contribution is 5.94. The first-order valence-electron chi connectivity index (χ1n) is 10.2. The molecule has 9 N–H and O–H groups in total. The average Bonchev–Trinajstić information content (AvgIpc) is 3.15. The van der Waals surface area contributed by atoms with Gasteiger partial charge in [-0.25, -0.2) is 4.79 Å². The number of nitrogens with two attached hydrogens (primary N) is 2. The normalized spacial score (nSPS) is 14.5. The van der Waals surface area contributed by atoms with Gasteiger partial charge in [-0.2, -0.15) is 0 Å². The lowest BCUT2D eigenvalue weighted by Crippen LogP contribution is -2.55. The van der Waals surface area contributed by atoms with E-state index in [2.05, 4.69) is 20.9 Å². The number of fused-ring (bicyclic) bond motifs is 1. The van der Waals surface area contributed by atoms with E-state index in [1.165, 1.54) is 13.8 Å². The molecule has 2 rings (SSSR count). The first-order chi connectivity index (χ1) is 15.5. The minimum absolute atomic E-state index is 0.249. The van der Waals surface area contributed by atoms with Gasteiger partial charge in [0, 0.05) is 17.1 Å². The summed E-state index contributed by atoms with van der Waals surface area (Å²) in [5.41, 5.74) is 12.8. The number of carboxylic acids is 1. The number of hydrogen-bond donors (Lipinski definition) is 7. The Morgan fingerprint density at radius 2 is 1.55 bits per heavy atom. The van der Waals surface area contributed by atoms with Gasteiger partial charge in [0.25, 0.3) is 0 Å². The van der Waals surface area contributed by atoms with Crippen LogP contribution in [-0.4, -0.2) is 63.9 Å². The first-order valence-corrected chi connectivity index (χ1v) is 10.2. The van der Waals surface area contributed by atoms with Crippen LogP contribution in [0.1, 0.15) is 25.8 Å². The van der Waals surface area contributed by atoms with E-state index in [0.717, 1.165) is 16.5 Å². The van der Waals surface area contributed by atoms with Crippen LogP contribution in [0.4, 0.5) is 0 Å². The molecule has 1 aromatic heterocycles. The maximum Gasteiger partial charge on any atom is 0.326 e. The predicted octanol–water partition coefficient (Wildman–Crippen LogP) is -1.51. The van der Waals surface area contributed by atoms with Gasteiger partial charge in [0.15, 0.2) is 0 Å². The molecule has 33 heavy (non-hydrogen) atoms. The molecule has 0 aliphatic carbocycles. The third-order valence-corrected chi connectivity index (χ3v) is 4.98. The standard InChI is InChI=1S/C21H28N6O6/c1-10(18(29)25-11(2)19(30)27-16(21(32)33)8-17(23)28)26-20(31)14(22)7-12-9-24-15-6-4-3-5-13(12)15/h3-6,9-11,14,16,24H,7-8,22H2,1-2H3,(H2,23,28)(H,25,29)(H,26,31)(H,27,30)(H,32,33). The molecule has 1 aromatic carbocycles. The van der Waals surface area contributed by atoms with Gasteiger partial charge in [-0.05, 0) is 31.9 Å². The fourth-order valence-corrected chi connectivity index (χ4v) is 3.12. The van der Waals surface area contributed by atoms with Crippen molar-refractivity contribution in [3.05, 3.63) is 36.0 Å². The van der Waals surface area contributed by atoms with Crippen LogP contribution in [0.2, 0.25) is 0 Å². The summed E-state index contributed by atoms with van der Waals surface area (Å²) in [5.74, 6) is -4.39. The number of carbonyl (C=O) groups is 5. The SMILES string of the molecule is CC(NC(=O)C(N)Cc1c[nH]c2ccccc12)C(=O)NC(C)C(=O)NC(CC(N)=O)C(=O)O. The Kier molecular flexibility index (Phi) is 8.51. The summed E-state index contributed by atoms with van der Waals surface area (Å²) in [6.45, 7) is 2.75. The Morgan fingerprint density at radius 3 is 2.15 bits per heavy atom. The Morgan fingerprint density at radius 1 is 0.970 bits per heavy atom. The summed E-state index contributed by atoms with van der Waals surface area (Å²) in [7, 11) is 0. The Labute approximate surface area is 189 Å². The molecule has 0 spiro atoms. The summed E-state index contributed by atoms with van der Waals surface area (Å²) >= 11 is 0. The number of primary amides is 1. The zero-order chi connectivity index (χ0) is 24.7. The van der Waals surface area contributed by atoms with Gasteiger partial charge in [0.05, 0.1) is 12.5 Å². The fraction of sp³-hybridized carbons (Fsp3) is 0.381. The number of benzene rings is 1.